The number of carbonyl (C=O) groups is 2. The highest BCUT2D eigenvalue weighted by molar-refractivity contribution is 9.10. The largest absolute Gasteiger partial charge is 0.462 e. The monoisotopic (exact) mass is 684 g/mol. The average molecular weight is 686 g/mol. The second-order valence-corrected chi connectivity index (χ2v) is 11.6. The predicted molar refractivity (Wildman–Crippen MR) is 169 cm³/mol. The molecule has 13 heteroatoms. The van der Waals surface area contributed by atoms with Gasteiger partial charge in [-0.1, -0.05) is 27.7 Å². The van der Waals surface area contributed by atoms with Crippen LogP contribution >= 0.6 is 15.9 Å². The van der Waals surface area contributed by atoms with Crippen molar-refractivity contribution in [2.24, 2.45) is 0 Å². The Morgan fingerprint density at radius 2 is 1.22 bits per heavy atom. The molecule has 45 heavy (non-hydrogen) atoms. The number of nitrogens with zero attached hydrogens (tertiary/aromatic N) is 6. The quantitative estimate of drug-likeness (QED) is 0.163. The molecule has 0 aliphatic rings. The van der Waals surface area contributed by atoms with Gasteiger partial charge in [0.15, 0.2) is 11.3 Å². The number of halogens is 3. The molecule has 0 bridgehead atoms. The Morgan fingerprint density at radius 3 is 1.69 bits per heavy atom. The number of hydrogen-bond acceptors (Lipinski definition) is 8. The van der Waals surface area contributed by atoms with Gasteiger partial charge in [0.05, 0.1) is 53.8 Å². The second-order valence-electron chi connectivity index (χ2n) is 10.9. The molecule has 0 aliphatic heterocycles. The minimum atomic E-state index is -0.679. The molecule has 0 spiro atoms. The van der Waals surface area contributed by atoms with Crippen LogP contribution in [0, 0.1) is 25.5 Å². The first kappa shape index (κ1) is 33.6. The van der Waals surface area contributed by atoms with Crippen LogP contribution in [0.5, 0.6) is 0 Å². The van der Waals surface area contributed by atoms with E-state index in [1.54, 1.807) is 31.5 Å². The summed E-state index contributed by atoms with van der Waals surface area (Å²) < 4.78 is 41.5. The fraction of sp³-hybridized carbons (Fsp3) is 0.375. The summed E-state index contributed by atoms with van der Waals surface area (Å²) in [5.74, 6) is -2.05. The van der Waals surface area contributed by atoms with Gasteiger partial charge < -0.3 is 9.47 Å². The van der Waals surface area contributed by atoms with E-state index in [0.717, 1.165) is 21.9 Å². The number of benzene rings is 1. The molecule has 0 radical (unpaired) electrons. The Hall–Kier alpha value is -4.26. The van der Waals surface area contributed by atoms with E-state index in [1.807, 2.05) is 34.6 Å². The second kappa shape index (κ2) is 13.8. The SMILES string of the molecule is CCOC(=O)c1cnn2c(-c3cc(F)cc(F)c3)c(C)nc2c1C(C)C.CCOC(=O)c1cnn2c(Br)c(C)nc2c1C(C)C. The number of rotatable bonds is 7. The third kappa shape index (κ3) is 6.73. The maximum Gasteiger partial charge on any atom is 0.340 e. The van der Waals surface area contributed by atoms with Crippen LogP contribution in [0.25, 0.3) is 22.6 Å². The zero-order valence-corrected chi connectivity index (χ0v) is 28.0. The van der Waals surface area contributed by atoms with Crippen LogP contribution in [0.3, 0.4) is 0 Å². The molecular weight excluding hydrogens is 650 g/mol. The summed E-state index contributed by atoms with van der Waals surface area (Å²) >= 11 is 3.45. The van der Waals surface area contributed by atoms with Gasteiger partial charge >= 0.3 is 11.9 Å². The van der Waals surface area contributed by atoms with Gasteiger partial charge in [0.1, 0.15) is 16.2 Å². The lowest BCUT2D eigenvalue weighted by molar-refractivity contribution is 0.0514. The number of imidazole rings is 2. The topological polar surface area (TPSA) is 113 Å². The molecule has 4 heterocycles. The zero-order chi connectivity index (χ0) is 33.2. The van der Waals surface area contributed by atoms with E-state index < -0.39 is 17.6 Å². The minimum Gasteiger partial charge on any atom is -0.462 e. The van der Waals surface area contributed by atoms with Crippen molar-refractivity contribution in [2.75, 3.05) is 13.2 Å². The molecule has 10 nitrogen and oxygen atoms in total. The molecule has 0 atom stereocenters. The van der Waals surface area contributed by atoms with Crippen LogP contribution in [0.1, 0.15) is 96.6 Å². The van der Waals surface area contributed by atoms with E-state index in [4.69, 9.17) is 9.47 Å². The van der Waals surface area contributed by atoms with Crippen molar-refractivity contribution in [3.05, 3.63) is 80.5 Å². The summed E-state index contributed by atoms with van der Waals surface area (Å²) in [7, 11) is 0. The van der Waals surface area contributed by atoms with E-state index >= 15 is 0 Å². The van der Waals surface area contributed by atoms with Crippen molar-refractivity contribution in [3.8, 4) is 11.3 Å². The number of esters is 2. The van der Waals surface area contributed by atoms with Crippen LogP contribution in [-0.2, 0) is 9.47 Å². The Balaban J connectivity index is 0.000000215. The molecule has 0 amide bonds. The van der Waals surface area contributed by atoms with E-state index in [-0.39, 0.29) is 24.4 Å². The maximum absolute atomic E-state index is 13.7. The molecule has 5 rings (SSSR count). The van der Waals surface area contributed by atoms with Crippen molar-refractivity contribution in [3.63, 3.8) is 0 Å². The summed E-state index contributed by atoms with van der Waals surface area (Å²) in [4.78, 5) is 33.3. The number of aromatic nitrogens is 6. The Labute approximate surface area is 267 Å². The average Bonchev–Trinajstić information content (AvgIpc) is 3.45. The smallest absolute Gasteiger partial charge is 0.340 e. The van der Waals surface area contributed by atoms with Crippen molar-refractivity contribution < 1.29 is 27.8 Å². The van der Waals surface area contributed by atoms with Crippen LogP contribution in [0.15, 0.2) is 35.2 Å². The van der Waals surface area contributed by atoms with Gasteiger partial charge in [-0.25, -0.2) is 37.4 Å². The van der Waals surface area contributed by atoms with E-state index in [0.29, 0.717) is 51.5 Å². The molecular formula is C32H35BrF2N6O4. The van der Waals surface area contributed by atoms with Crippen molar-refractivity contribution in [2.45, 2.75) is 67.2 Å². The normalized spacial score (nSPS) is 11.3. The molecule has 5 aromatic rings. The lowest BCUT2D eigenvalue weighted by Crippen LogP contribution is -2.12. The van der Waals surface area contributed by atoms with E-state index in [9.17, 15) is 18.4 Å². The van der Waals surface area contributed by atoms with Gasteiger partial charge in [0, 0.05) is 22.8 Å². The molecule has 1 aromatic carbocycles. The number of carbonyl (C=O) groups excluding carboxylic acids is 2. The van der Waals surface area contributed by atoms with Crippen molar-refractivity contribution in [1.29, 1.82) is 0 Å². The molecule has 0 saturated carbocycles. The first-order valence-corrected chi connectivity index (χ1v) is 15.3. The Morgan fingerprint density at radius 1 is 0.778 bits per heavy atom. The maximum atomic E-state index is 13.7. The first-order valence-electron chi connectivity index (χ1n) is 14.5. The summed E-state index contributed by atoms with van der Waals surface area (Å²) in [5.41, 5.74) is 5.77. The minimum absolute atomic E-state index is 0.0289. The van der Waals surface area contributed by atoms with Gasteiger partial charge in [0.25, 0.3) is 0 Å². The van der Waals surface area contributed by atoms with Crippen molar-refractivity contribution in [1.82, 2.24) is 29.2 Å². The summed E-state index contributed by atoms with van der Waals surface area (Å²) in [6, 6.07) is 3.28. The molecule has 0 fully saturated rings. The van der Waals surface area contributed by atoms with Gasteiger partial charge in [-0.3, -0.25) is 0 Å². The molecule has 0 unspecified atom stereocenters. The van der Waals surface area contributed by atoms with Crippen LogP contribution in [-0.4, -0.2) is 54.3 Å². The van der Waals surface area contributed by atoms with Crippen LogP contribution in [0.2, 0.25) is 0 Å². The predicted octanol–water partition coefficient (Wildman–Crippen LogP) is 7.38. The third-order valence-corrected chi connectivity index (χ3v) is 7.85. The molecule has 0 saturated heterocycles. The Bertz CT molecular complexity index is 1880. The van der Waals surface area contributed by atoms with Crippen molar-refractivity contribution >= 4 is 39.2 Å². The molecule has 4 aromatic heterocycles. The van der Waals surface area contributed by atoms with Crippen LogP contribution < -0.4 is 0 Å². The fourth-order valence-corrected chi connectivity index (χ4v) is 5.45. The van der Waals surface area contributed by atoms with E-state index in [1.165, 1.54) is 22.8 Å². The number of ether oxygens (including phenoxy) is 2. The van der Waals surface area contributed by atoms with Gasteiger partial charge in [-0.15, -0.1) is 0 Å². The summed E-state index contributed by atoms with van der Waals surface area (Å²) in [6.07, 6.45) is 2.97. The van der Waals surface area contributed by atoms with Gasteiger partial charge in [-0.05, 0) is 67.6 Å². The molecule has 0 aliphatic carbocycles. The highest BCUT2D eigenvalue weighted by Gasteiger charge is 2.24. The number of hydrogen-bond donors (Lipinski definition) is 0. The molecule has 238 valence electrons. The van der Waals surface area contributed by atoms with Crippen LogP contribution in [0.4, 0.5) is 8.78 Å². The standard InChI is InChI=1S/C19H19F2N3O2.C13H16BrN3O2/c1-5-26-19(25)15-9-22-24-17(12-6-13(20)8-14(21)7-12)11(4)23-18(24)16(15)10(2)3;1-5-19-13(18)9-6-15-17-11(14)8(4)16-12(17)10(9)7(2)3/h6-10H,5H2,1-4H3;6-7H,5H2,1-4H3. The van der Waals surface area contributed by atoms with E-state index in [2.05, 4.69) is 36.1 Å². The highest BCUT2D eigenvalue weighted by Crippen LogP contribution is 2.31. The van der Waals surface area contributed by atoms with Gasteiger partial charge in [0.2, 0.25) is 0 Å². The highest BCUT2D eigenvalue weighted by atomic mass is 79.9. The number of aryl methyl sites for hydroxylation is 2. The fourth-order valence-electron chi connectivity index (χ4n) is 5.10. The first-order chi connectivity index (χ1) is 21.3. The summed E-state index contributed by atoms with van der Waals surface area (Å²) in [5, 5.41) is 8.55. The molecule has 0 N–H and O–H groups in total. The lowest BCUT2D eigenvalue weighted by Gasteiger charge is -2.13. The zero-order valence-electron chi connectivity index (χ0n) is 26.4. The summed E-state index contributed by atoms with van der Waals surface area (Å²) in [6.45, 7) is 15.7. The Kier molecular flexibility index (Phi) is 10.3. The third-order valence-electron chi connectivity index (χ3n) is 6.94. The lowest BCUT2D eigenvalue weighted by atomic mass is 10.00. The van der Waals surface area contributed by atoms with Gasteiger partial charge in [-0.2, -0.15) is 10.2 Å². The number of fused-ring (bicyclic) bond motifs is 2.